The Hall–Kier alpha value is -0.350. The lowest BCUT2D eigenvalue weighted by atomic mass is 10.3. The second kappa shape index (κ2) is 3.73. The van der Waals surface area contributed by atoms with Gasteiger partial charge in [0.05, 0.1) is 12.5 Å². The van der Waals surface area contributed by atoms with Crippen molar-refractivity contribution in [3.63, 3.8) is 0 Å². The van der Waals surface area contributed by atoms with Gasteiger partial charge in [0, 0.05) is 0 Å². The van der Waals surface area contributed by atoms with Crippen molar-refractivity contribution in [1.29, 1.82) is 0 Å². The summed E-state index contributed by atoms with van der Waals surface area (Å²) in [6.45, 7) is 3.63. The topological polar surface area (TPSA) is 43.4 Å². The Kier molecular flexibility index (Phi) is 3.60. The molecule has 4 heteroatoms. The third-order valence-electron chi connectivity index (χ3n) is 1.14. The predicted molar refractivity (Wildman–Crippen MR) is 40.0 cm³/mol. The number of hydrogen-bond acceptors (Lipinski definition) is 3. The first-order chi connectivity index (χ1) is 4.52. The predicted octanol–water partition coefficient (Wildman–Crippen LogP) is 1.28. The number of allylic oxidation sites excluding steroid dienone is 1. The lowest BCUT2D eigenvalue weighted by molar-refractivity contribution is 0.406. The zero-order valence-electron chi connectivity index (χ0n) is 6.42. The van der Waals surface area contributed by atoms with E-state index in [0.29, 0.717) is 0 Å². The third-order valence-corrected chi connectivity index (χ3v) is 2.29. The van der Waals surface area contributed by atoms with E-state index < -0.39 is 10.1 Å². The Labute approximate surface area is 61.8 Å². The van der Waals surface area contributed by atoms with Gasteiger partial charge in [0.1, 0.15) is 0 Å². The van der Waals surface area contributed by atoms with Gasteiger partial charge in [0.15, 0.2) is 0 Å². The van der Waals surface area contributed by atoms with Gasteiger partial charge in [-0.25, -0.2) is 0 Å². The van der Waals surface area contributed by atoms with Crippen LogP contribution in [0.25, 0.3) is 0 Å². The Morgan fingerprint density at radius 1 is 1.60 bits per heavy atom. The van der Waals surface area contributed by atoms with E-state index in [1.54, 1.807) is 6.92 Å². The summed E-state index contributed by atoms with van der Waals surface area (Å²) in [7, 11) is -2.25. The van der Waals surface area contributed by atoms with Gasteiger partial charge in [0.2, 0.25) is 0 Å². The summed E-state index contributed by atoms with van der Waals surface area (Å²) in [5.41, 5.74) is 0.793. The third kappa shape index (κ3) is 3.63. The molecule has 0 heterocycles. The minimum absolute atomic E-state index is 0.725. The van der Waals surface area contributed by atoms with E-state index in [1.807, 2.05) is 6.92 Å². The molecule has 0 atom stereocenters. The van der Waals surface area contributed by atoms with Crippen molar-refractivity contribution in [2.45, 2.75) is 20.3 Å². The van der Waals surface area contributed by atoms with Crippen LogP contribution in [0.2, 0.25) is 0 Å². The minimum atomic E-state index is -3.39. The fraction of sp³-hybridized carbons (Fsp3) is 0.667. The van der Waals surface area contributed by atoms with Crippen LogP contribution in [0.1, 0.15) is 20.3 Å². The van der Waals surface area contributed by atoms with Gasteiger partial charge in [-0.05, 0) is 13.3 Å². The summed E-state index contributed by atoms with van der Waals surface area (Å²) in [4.78, 5) is 0. The van der Waals surface area contributed by atoms with Crippen LogP contribution in [0.4, 0.5) is 0 Å². The molecular formula is C6H12O3S. The Morgan fingerprint density at radius 3 is 2.40 bits per heavy atom. The molecule has 0 fully saturated rings. The molecule has 0 spiro atoms. The molecule has 0 saturated carbocycles. The van der Waals surface area contributed by atoms with E-state index in [0.717, 1.165) is 24.5 Å². The first-order valence-corrected chi connectivity index (χ1v) is 4.46. The highest BCUT2D eigenvalue weighted by molar-refractivity contribution is 7.89. The lowest BCUT2D eigenvalue weighted by Crippen LogP contribution is -1.97. The maximum absolute atomic E-state index is 10.7. The molecule has 0 unspecified atom stereocenters. The summed E-state index contributed by atoms with van der Waals surface area (Å²) < 4.78 is 25.5. The van der Waals surface area contributed by atoms with Crippen molar-refractivity contribution in [2.75, 3.05) is 7.11 Å². The molecule has 0 aromatic carbocycles. The zero-order valence-corrected chi connectivity index (χ0v) is 7.23. The van der Waals surface area contributed by atoms with Gasteiger partial charge >= 0.3 is 0 Å². The molecule has 60 valence electrons. The molecule has 0 aliphatic rings. The van der Waals surface area contributed by atoms with Crippen LogP contribution < -0.4 is 0 Å². The Morgan fingerprint density at radius 2 is 2.10 bits per heavy atom. The second-order valence-corrected chi connectivity index (χ2v) is 3.53. The zero-order chi connectivity index (χ0) is 8.20. The average Bonchev–Trinajstić information content (AvgIpc) is 1.87. The van der Waals surface area contributed by atoms with Crippen molar-refractivity contribution < 1.29 is 12.6 Å². The molecule has 0 amide bonds. The fourth-order valence-corrected chi connectivity index (χ4v) is 1.13. The van der Waals surface area contributed by atoms with Crippen LogP contribution in [0, 0.1) is 0 Å². The van der Waals surface area contributed by atoms with Crippen molar-refractivity contribution in [3.8, 4) is 0 Å². The molecular weight excluding hydrogens is 152 g/mol. The SMILES string of the molecule is CCC(C)=CS(=O)(=O)OC. The highest BCUT2D eigenvalue weighted by Crippen LogP contribution is 2.02. The standard InChI is InChI=1S/C6H12O3S/c1-4-6(2)5-10(7,8)9-3/h5H,4H2,1-3H3. The van der Waals surface area contributed by atoms with Crippen LogP contribution in [0.15, 0.2) is 11.0 Å². The molecule has 0 aliphatic carbocycles. The van der Waals surface area contributed by atoms with E-state index in [2.05, 4.69) is 4.18 Å². The van der Waals surface area contributed by atoms with Crippen molar-refractivity contribution in [3.05, 3.63) is 11.0 Å². The van der Waals surface area contributed by atoms with E-state index in [-0.39, 0.29) is 0 Å². The van der Waals surface area contributed by atoms with Gasteiger partial charge in [-0.15, -0.1) is 0 Å². The van der Waals surface area contributed by atoms with Crippen molar-refractivity contribution in [1.82, 2.24) is 0 Å². The fourth-order valence-electron chi connectivity index (χ4n) is 0.378. The van der Waals surface area contributed by atoms with Crippen LogP contribution in [0.5, 0.6) is 0 Å². The van der Waals surface area contributed by atoms with Crippen molar-refractivity contribution in [2.24, 2.45) is 0 Å². The van der Waals surface area contributed by atoms with Crippen LogP contribution in [0.3, 0.4) is 0 Å². The molecule has 0 N–H and O–H groups in total. The quantitative estimate of drug-likeness (QED) is 0.590. The van der Waals surface area contributed by atoms with Crippen LogP contribution in [-0.4, -0.2) is 15.5 Å². The summed E-state index contributed by atoms with van der Waals surface area (Å²) in [6.07, 6.45) is 0.725. The number of hydrogen-bond donors (Lipinski definition) is 0. The highest BCUT2D eigenvalue weighted by Gasteiger charge is 2.02. The maximum Gasteiger partial charge on any atom is 0.289 e. The summed E-state index contributed by atoms with van der Waals surface area (Å²) in [5.74, 6) is 0. The Balaban J connectivity index is 4.41. The molecule has 10 heavy (non-hydrogen) atoms. The van der Waals surface area contributed by atoms with E-state index in [1.165, 1.54) is 0 Å². The smallest absolute Gasteiger partial charge is 0.270 e. The van der Waals surface area contributed by atoms with Crippen LogP contribution in [-0.2, 0) is 14.3 Å². The van der Waals surface area contributed by atoms with Gasteiger partial charge < -0.3 is 0 Å². The summed E-state index contributed by atoms with van der Waals surface area (Å²) >= 11 is 0. The normalized spacial score (nSPS) is 13.7. The summed E-state index contributed by atoms with van der Waals surface area (Å²) in [5, 5.41) is 1.13. The van der Waals surface area contributed by atoms with Gasteiger partial charge in [-0.2, -0.15) is 8.42 Å². The second-order valence-electron chi connectivity index (χ2n) is 1.98. The first kappa shape index (κ1) is 9.65. The monoisotopic (exact) mass is 164 g/mol. The molecule has 3 nitrogen and oxygen atoms in total. The van der Waals surface area contributed by atoms with Crippen LogP contribution >= 0.6 is 0 Å². The largest absolute Gasteiger partial charge is 0.289 e. The molecule has 0 radical (unpaired) electrons. The molecule has 0 bridgehead atoms. The highest BCUT2D eigenvalue weighted by atomic mass is 32.2. The Bertz CT molecular complexity index is 213. The molecule has 0 aromatic heterocycles. The maximum atomic E-state index is 10.7. The van der Waals surface area contributed by atoms with Gasteiger partial charge in [0.25, 0.3) is 10.1 Å². The van der Waals surface area contributed by atoms with Crippen molar-refractivity contribution >= 4 is 10.1 Å². The lowest BCUT2D eigenvalue weighted by Gasteiger charge is -1.95. The molecule has 0 rings (SSSR count). The summed E-state index contributed by atoms with van der Waals surface area (Å²) in [6, 6.07) is 0. The number of rotatable bonds is 3. The van der Waals surface area contributed by atoms with E-state index >= 15 is 0 Å². The molecule has 0 aliphatic heterocycles. The molecule has 0 aromatic rings. The van der Waals surface area contributed by atoms with Gasteiger partial charge in [-0.1, -0.05) is 12.5 Å². The van der Waals surface area contributed by atoms with E-state index in [9.17, 15) is 8.42 Å². The van der Waals surface area contributed by atoms with Gasteiger partial charge in [-0.3, -0.25) is 4.18 Å². The van der Waals surface area contributed by atoms with E-state index in [4.69, 9.17) is 0 Å². The minimum Gasteiger partial charge on any atom is -0.270 e. The first-order valence-electron chi connectivity index (χ1n) is 2.99. The average molecular weight is 164 g/mol. The molecule has 0 saturated heterocycles.